The van der Waals surface area contributed by atoms with Gasteiger partial charge in [-0.1, -0.05) is 18.2 Å². The van der Waals surface area contributed by atoms with E-state index in [4.69, 9.17) is 0 Å². The highest BCUT2D eigenvalue weighted by molar-refractivity contribution is 7.15. The van der Waals surface area contributed by atoms with Gasteiger partial charge in [0.2, 0.25) is 5.91 Å². The van der Waals surface area contributed by atoms with E-state index in [1.807, 2.05) is 0 Å². The van der Waals surface area contributed by atoms with E-state index in [1.54, 1.807) is 6.07 Å². The summed E-state index contributed by atoms with van der Waals surface area (Å²) >= 11 is 1.19. The highest BCUT2D eigenvalue weighted by Gasteiger charge is 2.30. The predicted octanol–water partition coefficient (Wildman–Crippen LogP) is 4.94. The average molecular weight is 409 g/mol. The first kappa shape index (κ1) is 19.8. The number of hydrogen-bond acceptors (Lipinski definition) is 4. The van der Waals surface area contributed by atoms with Crippen molar-refractivity contribution in [3.8, 4) is 0 Å². The van der Waals surface area contributed by atoms with Crippen molar-refractivity contribution in [3.63, 3.8) is 0 Å². The van der Waals surface area contributed by atoms with Crippen LogP contribution in [0.4, 0.5) is 28.4 Å². The van der Waals surface area contributed by atoms with Crippen LogP contribution < -0.4 is 10.6 Å². The molecule has 0 saturated carbocycles. The molecule has 3 aromatic rings. The third-order valence-electron chi connectivity index (χ3n) is 3.73. The summed E-state index contributed by atoms with van der Waals surface area (Å²) in [5.74, 6) is -0.713. The number of hydrogen-bond donors (Lipinski definition) is 2. The molecule has 0 aliphatic rings. The highest BCUT2D eigenvalue weighted by Crippen LogP contribution is 2.30. The molecule has 0 bridgehead atoms. The number of carbonyl (C=O) groups is 1. The smallest absolute Gasteiger partial charge is 0.376 e. The maximum Gasteiger partial charge on any atom is 0.416 e. The topological polar surface area (TPSA) is 54.0 Å². The molecule has 1 amide bonds. The van der Waals surface area contributed by atoms with E-state index in [2.05, 4.69) is 15.6 Å². The second-order valence-corrected chi connectivity index (χ2v) is 7.03. The van der Waals surface area contributed by atoms with E-state index in [0.717, 1.165) is 17.0 Å². The number of thiazole rings is 1. The maximum atomic E-state index is 12.8. The van der Waals surface area contributed by atoms with Crippen molar-refractivity contribution in [1.29, 1.82) is 0 Å². The fraction of sp³-hybridized carbons (Fsp3) is 0.158. The SMILES string of the molecule is O=C(CNc1ccc(F)cc1)Nc1ncc(Cc2cccc(C(F)(F)F)c2)s1. The Morgan fingerprint density at radius 2 is 1.86 bits per heavy atom. The van der Waals surface area contributed by atoms with Crippen molar-refractivity contribution < 1.29 is 22.4 Å². The molecule has 0 aliphatic carbocycles. The summed E-state index contributed by atoms with van der Waals surface area (Å²) in [7, 11) is 0. The Morgan fingerprint density at radius 3 is 2.57 bits per heavy atom. The van der Waals surface area contributed by atoms with Crippen LogP contribution in [-0.2, 0) is 17.4 Å². The van der Waals surface area contributed by atoms with Gasteiger partial charge in [-0.05, 0) is 35.9 Å². The van der Waals surface area contributed by atoms with Crippen LogP contribution in [-0.4, -0.2) is 17.4 Å². The average Bonchev–Trinajstić information content (AvgIpc) is 3.07. The molecule has 0 atom stereocenters. The molecule has 0 fully saturated rings. The Labute approximate surface area is 162 Å². The molecule has 146 valence electrons. The lowest BCUT2D eigenvalue weighted by atomic mass is 10.1. The van der Waals surface area contributed by atoms with Gasteiger partial charge in [-0.3, -0.25) is 4.79 Å². The molecule has 4 nitrogen and oxygen atoms in total. The molecule has 28 heavy (non-hydrogen) atoms. The van der Waals surface area contributed by atoms with Crippen molar-refractivity contribution in [2.24, 2.45) is 0 Å². The first-order valence-electron chi connectivity index (χ1n) is 8.20. The molecule has 0 radical (unpaired) electrons. The molecule has 2 aromatic carbocycles. The normalized spacial score (nSPS) is 11.3. The summed E-state index contributed by atoms with van der Waals surface area (Å²) in [4.78, 5) is 16.8. The van der Waals surface area contributed by atoms with Crippen LogP contribution in [0, 0.1) is 5.82 Å². The summed E-state index contributed by atoms with van der Waals surface area (Å²) in [5.41, 5.74) is 0.408. The number of alkyl halides is 3. The quantitative estimate of drug-likeness (QED) is 0.567. The minimum absolute atomic E-state index is 0.0336. The van der Waals surface area contributed by atoms with Crippen LogP contribution in [0.25, 0.3) is 0 Å². The van der Waals surface area contributed by atoms with Crippen LogP contribution in [0.15, 0.2) is 54.7 Å². The fourth-order valence-corrected chi connectivity index (χ4v) is 3.28. The van der Waals surface area contributed by atoms with E-state index in [0.29, 0.717) is 16.4 Å². The van der Waals surface area contributed by atoms with Crippen LogP contribution in [0.2, 0.25) is 0 Å². The molecule has 1 aromatic heterocycles. The molecular formula is C19H15F4N3OS. The Bertz CT molecular complexity index is 954. The minimum Gasteiger partial charge on any atom is -0.376 e. The number of halogens is 4. The Hall–Kier alpha value is -2.94. The molecule has 1 heterocycles. The Balaban J connectivity index is 1.55. The number of aromatic nitrogens is 1. The zero-order chi connectivity index (χ0) is 20.1. The van der Waals surface area contributed by atoms with Gasteiger partial charge in [0.25, 0.3) is 0 Å². The van der Waals surface area contributed by atoms with Gasteiger partial charge in [0.1, 0.15) is 5.82 Å². The van der Waals surface area contributed by atoms with Crippen molar-refractivity contribution in [2.45, 2.75) is 12.6 Å². The summed E-state index contributed by atoms with van der Waals surface area (Å²) in [6.45, 7) is -0.0336. The maximum absolute atomic E-state index is 12.8. The number of amides is 1. The molecular weight excluding hydrogens is 394 g/mol. The zero-order valence-electron chi connectivity index (χ0n) is 14.4. The number of carbonyl (C=O) groups excluding carboxylic acids is 1. The van der Waals surface area contributed by atoms with Gasteiger partial charge in [-0.25, -0.2) is 9.37 Å². The van der Waals surface area contributed by atoms with Gasteiger partial charge in [0.05, 0.1) is 12.1 Å². The summed E-state index contributed by atoms with van der Waals surface area (Å²) in [5, 5.41) is 5.82. The van der Waals surface area contributed by atoms with Crippen LogP contribution in [0.1, 0.15) is 16.0 Å². The Morgan fingerprint density at radius 1 is 1.11 bits per heavy atom. The number of rotatable bonds is 6. The van der Waals surface area contributed by atoms with E-state index < -0.39 is 11.7 Å². The van der Waals surface area contributed by atoms with Crippen molar-refractivity contribution in [2.75, 3.05) is 17.2 Å². The number of benzene rings is 2. The summed E-state index contributed by atoms with van der Waals surface area (Å²) < 4.78 is 51.2. The summed E-state index contributed by atoms with van der Waals surface area (Å²) in [6, 6.07) is 10.7. The monoisotopic (exact) mass is 409 g/mol. The molecule has 0 spiro atoms. The van der Waals surface area contributed by atoms with Gasteiger partial charge in [-0.15, -0.1) is 11.3 Å². The number of anilines is 2. The lowest BCUT2D eigenvalue weighted by Crippen LogP contribution is -2.21. The van der Waals surface area contributed by atoms with Gasteiger partial charge >= 0.3 is 6.18 Å². The molecule has 0 unspecified atom stereocenters. The molecule has 9 heteroatoms. The largest absolute Gasteiger partial charge is 0.416 e. The minimum atomic E-state index is -4.39. The molecule has 2 N–H and O–H groups in total. The molecule has 0 aliphatic heterocycles. The second-order valence-electron chi connectivity index (χ2n) is 5.92. The third-order valence-corrected chi connectivity index (χ3v) is 4.64. The molecule has 0 saturated heterocycles. The van der Waals surface area contributed by atoms with Crippen LogP contribution >= 0.6 is 11.3 Å². The third kappa shape index (κ3) is 5.53. The first-order valence-corrected chi connectivity index (χ1v) is 9.01. The van der Waals surface area contributed by atoms with Gasteiger partial charge in [0.15, 0.2) is 5.13 Å². The van der Waals surface area contributed by atoms with E-state index in [-0.39, 0.29) is 24.7 Å². The van der Waals surface area contributed by atoms with Gasteiger partial charge < -0.3 is 10.6 Å². The van der Waals surface area contributed by atoms with Gasteiger partial charge in [0, 0.05) is 23.2 Å². The summed E-state index contributed by atoms with van der Waals surface area (Å²) in [6.07, 6.45) is -2.58. The van der Waals surface area contributed by atoms with Gasteiger partial charge in [-0.2, -0.15) is 13.2 Å². The first-order chi connectivity index (χ1) is 13.3. The van der Waals surface area contributed by atoms with Crippen LogP contribution in [0.3, 0.4) is 0 Å². The molecule has 3 rings (SSSR count). The lowest BCUT2D eigenvalue weighted by Gasteiger charge is -2.08. The van der Waals surface area contributed by atoms with Crippen molar-refractivity contribution >= 4 is 28.1 Å². The predicted molar refractivity (Wildman–Crippen MR) is 99.9 cm³/mol. The van der Waals surface area contributed by atoms with E-state index in [1.165, 1.54) is 47.9 Å². The van der Waals surface area contributed by atoms with Crippen molar-refractivity contribution in [1.82, 2.24) is 4.98 Å². The van der Waals surface area contributed by atoms with Crippen LogP contribution in [0.5, 0.6) is 0 Å². The van der Waals surface area contributed by atoms with E-state index >= 15 is 0 Å². The van der Waals surface area contributed by atoms with Crippen molar-refractivity contribution in [3.05, 3.63) is 76.5 Å². The fourth-order valence-electron chi connectivity index (χ4n) is 2.42. The lowest BCUT2D eigenvalue weighted by molar-refractivity contribution is -0.137. The van der Waals surface area contributed by atoms with E-state index in [9.17, 15) is 22.4 Å². The highest BCUT2D eigenvalue weighted by atomic mass is 32.1. The number of nitrogens with one attached hydrogen (secondary N) is 2. The zero-order valence-corrected chi connectivity index (χ0v) is 15.2. The second kappa shape index (κ2) is 8.39. The standard InChI is InChI=1S/C19H15F4N3OS/c20-14-4-6-15(7-5-14)24-11-17(27)26-18-25-10-16(28-18)9-12-2-1-3-13(8-12)19(21,22)23/h1-8,10,24H,9,11H2,(H,25,26,27). The number of nitrogens with zero attached hydrogens (tertiary/aromatic N) is 1. The Kier molecular flexibility index (Phi) is 5.93.